The van der Waals surface area contributed by atoms with Crippen LogP contribution in [0.15, 0.2) is 0 Å². The molecule has 7 heteroatoms. The highest BCUT2D eigenvalue weighted by atomic mass is 19.3. The van der Waals surface area contributed by atoms with E-state index in [2.05, 4.69) is 4.74 Å². The molecule has 0 N–H and O–H groups in total. The number of carbonyl (C=O) groups is 2. The summed E-state index contributed by atoms with van der Waals surface area (Å²) in [7, 11) is 3.64. The molecule has 104 valence electrons. The smallest absolute Gasteiger partial charge is 0.419 e. The van der Waals surface area contributed by atoms with E-state index < -0.39 is 17.8 Å². The summed E-state index contributed by atoms with van der Waals surface area (Å²) in [6.45, 7) is 1.68. The lowest BCUT2D eigenvalue weighted by molar-refractivity contribution is -0.182. The zero-order chi connectivity index (χ0) is 13.9. The average molecular weight is 264 g/mol. The second kappa shape index (κ2) is 5.60. The van der Waals surface area contributed by atoms with Crippen molar-refractivity contribution in [1.82, 2.24) is 9.80 Å². The lowest BCUT2D eigenvalue weighted by Crippen LogP contribution is -2.49. The first-order chi connectivity index (χ1) is 8.30. The molecule has 1 fully saturated rings. The Hall–Kier alpha value is -1.24. The van der Waals surface area contributed by atoms with Crippen molar-refractivity contribution < 1.29 is 23.1 Å². The number of likely N-dealkylation sites (tertiary alicyclic amines) is 1. The maximum Gasteiger partial charge on any atom is 0.419 e. The first-order valence-electron chi connectivity index (χ1n) is 5.81. The van der Waals surface area contributed by atoms with Crippen LogP contribution in [0.4, 0.5) is 8.78 Å². The second-order valence-corrected chi connectivity index (χ2v) is 4.45. The van der Waals surface area contributed by atoms with Gasteiger partial charge in [-0.3, -0.25) is 4.79 Å². The Labute approximate surface area is 105 Å². The molecular formula is C11H18F2N2O3. The van der Waals surface area contributed by atoms with Crippen LogP contribution in [0.3, 0.4) is 0 Å². The van der Waals surface area contributed by atoms with Gasteiger partial charge in [-0.25, -0.2) is 4.79 Å². The third-order valence-corrected chi connectivity index (χ3v) is 2.98. The number of hydrogen-bond donors (Lipinski definition) is 0. The number of amides is 1. The van der Waals surface area contributed by atoms with Crippen LogP contribution in [-0.4, -0.2) is 67.4 Å². The van der Waals surface area contributed by atoms with Gasteiger partial charge in [-0.2, -0.15) is 8.78 Å². The van der Waals surface area contributed by atoms with E-state index >= 15 is 0 Å². The fourth-order valence-corrected chi connectivity index (χ4v) is 1.86. The van der Waals surface area contributed by atoms with Crippen molar-refractivity contribution >= 4 is 11.9 Å². The van der Waals surface area contributed by atoms with Gasteiger partial charge in [0.2, 0.25) is 0 Å². The van der Waals surface area contributed by atoms with E-state index in [-0.39, 0.29) is 25.7 Å². The maximum absolute atomic E-state index is 13.5. The van der Waals surface area contributed by atoms with Crippen molar-refractivity contribution in [2.75, 3.05) is 33.8 Å². The summed E-state index contributed by atoms with van der Waals surface area (Å²) < 4.78 is 31.2. The Morgan fingerprint density at radius 3 is 2.50 bits per heavy atom. The molecule has 0 spiro atoms. The first-order valence-corrected chi connectivity index (χ1v) is 5.81. The predicted octanol–water partition coefficient (Wildman–Crippen LogP) is 0.347. The van der Waals surface area contributed by atoms with Crippen molar-refractivity contribution in [2.24, 2.45) is 0 Å². The monoisotopic (exact) mass is 264 g/mol. The number of rotatable bonds is 4. The highest BCUT2D eigenvalue weighted by Gasteiger charge is 2.52. The third kappa shape index (κ3) is 2.95. The van der Waals surface area contributed by atoms with Gasteiger partial charge in [0.05, 0.1) is 6.61 Å². The second-order valence-electron chi connectivity index (χ2n) is 4.45. The van der Waals surface area contributed by atoms with Crippen LogP contribution in [0.2, 0.25) is 0 Å². The number of carbonyl (C=O) groups excluding carboxylic acids is 2. The van der Waals surface area contributed by atoms with E-state index in [1.165, 1.54) is 6.92 Å². The molecule has 1 heterocycles. The molecule has 0 saturated carbocycles. The number of likely N-dealkylation sites (N-methyl/N-ethyl adjacent to an activating group) is 1. The molecule has 1 amide bonds. The van der Waals surface area contributed by atoms with E-state index in [9.17, 15) is 18.4 Å². The first kappa shape index (κ1) is 14.8. The van der Waals surface area contributed by atoms with E-state index in [0.29, 0.717) is 6.42 Å². The molecule has 0 bridgehead atoms. The normalized spacial score (nSPS) is 20.3. The van der Waals surface area contributed by atoms with E-state index in [0.717, 1.165) is 4.90 Å². The Morgan fingerprint density at radius 1 is 1.44 bits per heavy atom. The lowest BCUT2D eigenvalue weighted by Gasteiger charge is -2.23. The van der Waals surface area contributed by atoms with Gasteiger partial charge in [0.1, 0.15) is 0 Å². The van der Waals surface area contributed by atoms with Crippen LogP contribution in [-0.2, 0) is 14.3 Å². The Bertz CT molecular complexity index is 334. The quantitative estimate of drug-likeness (QED) is 0.543. The van der Waals surface area contributed by atoms with Crippen molar-refractivity contribution in [1.29, 1.82) is 0 Å². The molecule has 0 aliphatic carbocycles. The Morgan fingerprint density at radius 2 is 2.06 bits per heavy atom. The highest BCUT2D eigenvalue weighted by molar-refractivity contribution is 6.04. The molecule has 1 rings (SSSR count). The Kier molecular flexibility index (Phi) is 4.61. The van der Waals surface area contributed by atoms with E-state index in [4.69, 9.17) is 0 Å². The number of alkyl halides is 2. The SMILES string of the molecule is CCOC(=O)C(F)(F)C(=O)N1CCC(N(C)C)C1. The van der Waals surface area contributed by atoms with E-state index in [1.54, 1.807) is 0 Å². The van der Waals surface area contributed by atoms with Crippen molar-refractivity contribution in [3.63, 3.8) is 0 Å². The average Bonchev–Trinajstić information content (AvgIpc) is 2.77. The minimum absolute atomic E-state index is 0.0481. The van der Waals surface area contributed by atoms with Crippen molar-refractivity contribution in [3.05, 3.63) is 0 Å². The molecule has 1 atom stereocenters. The van der Waals surface area contributed by atoms with Gasteiger partial charge in [-0.05, 0) is 27.4 Å². The van der Waals surface area contributed by atoms with Crippen LogP contribution in [0, 0.1) is 0 Å². The van der Waals surface area contributed by atoms with Gasteiger partial charge in [-0.15, -0.1) is 0 Å². The van der Waals surface area contributed by atoms with Crippen molar-refractivity contribution in [3.8, 4) is 0 Å². The van der Waals surface area contributed by atoms with Gasteiger partial charge in [-0.1, -0.05) is 0 Å². The van der Waals surface area contributed by atoms with Crippen LogP contribution in [0.1, 0.15) is 13.3 Å². The molecule has 1 aliphatic heterocycles. The molecular weight excluding hydrogens is 246 g/mol. The topological polar surface area (TPSA) is 49.9 Å². The standard InChI is InChI=1S/C11H18F2N2O3/c1-4-18-10(17)11(12,13)9(16)15-6-5-8(7-15)14(2)3/h8H,4-7H2,1-3H3. The lowest BCUT2D eigenvalue weighted by atomic mass is 10.2. The van der Waals surface area contributed by atoms with E-state index in [1.807, 2.05) is 19.0 Å². The molecule has 0 radical (unpaired) electrons. The molecule has 1 unspecified atom stereocenters. The van der Waals surface area contributed by atoms with Gasteiger partial charge < -0.3 is 14.5 Å². The summed E-state index contributed by atoms with van der Waals surface area (Å²) in [4.78, 5) is 25.5. The van der Waals surface area contributed by atoms with Crippen LogP contribution in [0.5, 0.6) is 0 Å². The molecule has 18 heavy (non-hydrogen) atoms. The number of nitrogens with zero attached hydrogens (tertiary/aromatic N) is 2. The minimum atomic E-state index is -4.09. The number of halogens is 2. The summed E-state index contributed by atoms with van der Waals surface area (Å²) in [6, 6.07) is 0.0481. The fourth-order valence-electron chi connectivity index (χ4n) is 1.86. The van der Waals surface area contributed by atoms with Gasteiger partial charge in [0.25, 0.3) is 0 Å². The number of ether oxygens (including phenoxy) is 1. The molecule has 5 nitrogen and oxygen atoms in total. The number of hydrogen-bond acceptors (Lipinski definition) is 4. The number of esters is 1. The maximum atomic E-state index is 13.5. The summed E-state index contributed by atoms with van der Waals surface area (Å²) in [5.74, 6) is -7.33. The molecule has 0 aromatic carbocycles. The van der Waals surface area contributed by atoms with Gasteiger partial charge in [0.15, 0.2) is 0 Å². The van der Waals surface area contributed by atoms with Crippen molar-refractivity contribution in [2.45, 2.75) is 25.3 Å². The molecule has 1 saturated heterocycles. The van der Waals surface area contributed by atoms with Gasteiger partial charge >= 0.3 is 17.8 Å². The minimum Gasteiger partial charge on any atom is -0.461 e. The van der Waals surface area contributed by atoms with Crippen LogP contribution in [0.25, 0.3) is 0 Å². The molecule has 0 aromatic rings. The fraction of sp³-hybridized carbons (Fsp3) is 0.818. The largest absolute Gasteiger partial charge is 0.461 e. The van der Waals surface area contributed by atoms with Crippen LogP contribution >= 0.6 is 0 Å². The summed E-state index contributed by atoms with van der Waals surface area (Å²) in [5, 5.41) is 0. The molecule has 0 aromatic heterocycles. The van der Waals surface area contributed by atoms with Gasteiger partial charge in [0, 0.05) is 19.1 Å². The Balaban J connectivity index is 2.67. The zero-order valence-electron chi connectivity index (χ0n) is 10.8. The third-order valence-electron chi connectivity index (χ3n) is 2.98. The zero-order valence-corrected chi connectivity index (χ0v) is 10.8. The molecule has 1 aliphatic rings. The summed E-state index contributed by atoms with van der Waals surface area (Å²) in [5.41, 5.74) is 0. The summed E-state index contributed by atoms with van der Waals surface area (Å²) >= 11 is 0. The summed E-state index contributed by atoms with van der Waals surface area (Å²) in [6.07, 6.45) is 0.623. The highest BCUT2D eigenvalue weighted by Crippen LogP contribution is 2.23. The van der Waals surface area contributed by atoms with Crippen LogP contribution < -0.4 is 0 Å². The predicted molar refractivity (Wildman–Crippen MR) is 60.3 cm³/mol.